The van der Waals surface area contributed by atoms with Gasteiger partial charge in [-0.3, -0.25) is 0 Å². The summed E-state index contributed by atoms with van der Waals surface area (Å²) in [6, 6.07) is 10.6. The molecule has 1 unspecified atom stereocenters. The molecule has 2 aromatic carbocycles. The van der Waals surface area contributed by atoms with Gasteiger partial charge in [-0.15, -0.1) is 0 Å². The molecule has 112 valence electrons. The van der Waals surface area contributed by atoms with Gasteiger partial charge in [-0.1, -0.05) is 31.2 Å². The van der Waals surface area contributed by atoms with E-state index in [4.69, 9.17) is 5.73 Å². The highest BCUT2D eigenvalue weighted by atomic mass is 32.2. The smallest absolute Gasteiger partial charge is 0.241 e. The summed E-state index contributed by atoms with van der Waals surface area (Å²) in [6.45, 7) is 2.59. The summed E-state index contributed by atoms with van der Waals surface area (Å²) in [7, 11) is -3.51. The summed E-state index contributed by atoms with van der Waals surface area (Å²) < 4.78 is 27.8. The predicted molar refractivity (Wildman–Crippen MR) is 85.4 cm³/mol. The van der Waals surface area contributed by atoms with E-state index in [2.05, 4.69) is 11.6 Å². The molecule has 5 heteroatoms. The van der Waals surface area contributed by atoms with Gasteiger partial charge >= 0.3 is 0 Å². The number of hydrogen-bond acceptors (Lipinski definition) is 3. The maximum absolute atomic E-state index is 12.6. The average Bonchev–Trinajstić information content (AvgIpc) is 3.30. The van der Waals surface area contributed by atoms with Crippen LogP contribution in [0.2, 0.25) is 0 Å². The third-order valence-electron chi connectivity index (χ3n) is 4.23. The molecule has 21 heavy (non-hydrogen) atoms. The lowest BCUT2D eigenvalue weighted by Crippen LogP contribution is -2.29. The molecule has 0 aliphatic heterocycles. The zero-order valence-electron chi connectivity index (χ0n) is 12.0. The van der Waals surface area contributed by atoms with E-state index in [1.165, 1.54) is 12.8 Å². The van der Waals surface area contributed by atoms with Crippen LogP contribution >= 0.6 is 0 Å². The Morgan fingerprint density at radius 1 is 1.19 bits per heavy atom. The molecule has 0 amide bonds. The Labute approximate surface area is 125 Å². The fourth-order valence-electron chi connectivity index (χ4n) is 2.68. The zero-order chi connectivity index (χ0) is 15.0. The van der Waals surface area contributed by atoms with Gasteiger partial charge in [0.05, 0.1) is 4.90 Å². The molecule has 1 saturated carbocycles. The fourth-order valence-corrected chi connectivity index (χ4v) is 4.03. The minimum absolute atomic E-state index is 0.301. The van der Waals surface area contributed by atoms with E-state index >= 15 is 0 Å². The summed E-state index contributed by atoms with van der Waals surface area (Å²) in [6.07, 6.45) is 2.43. The quantitative estimate of drug-likeness (QED) is 0.834. The Morgan fingerprint density at radius 2 is 1.86 bits per heavy atom. The Bertz CT molecular complexity index is 767. The number of anilines is 1. The van der Waals surface area contributed by atoms with Crippen LogP contribution in [0.25, 0.3) is 10.8 Å². The number of nitrogens with one attached hydrogen (secondary N) is 1. The first-order valence-electron chi connectivity index (χ1n) is 7.26. The van der Waals surface area contributed by atoms with E-state index in [0.717, 1.165) is 5.39 Å². The normalized spacial score (nSPS) is 17.0. The van der Waals surface area contributed by atoms with Gasteiger partial charge in [-0.05, 0) is 36.8 Å². The molecule has 0 heterocycles. The SMILES string of the molecule is CC(CNS(=O)(=O)c1ccc(N)c2ccccc12)C1CC1. The van der Waals surface area contributed by atoms with Crippen LogP contribution in [-0.2, 0) is 10.0 Å². The van der Waals surface area contributed by atoms with E-state index in [0.29, 0.717) is 34.3 Å². The molecule has 0 saturated heterocycles. The largest absolute Gasteiger partial charge is 0.398 e. The lowest BCUT2D eigenvalue weighted by molar-refractivity contribution is 0.492. The first-order chi connectivity index (χ1) is 9.99. The van der Waals surface area contributed by atoms with Crippen LogP contribution in [0, 0.1) is 11.8 Å². The second-order valence-electron chi connectivity index (χ2n) is 5.87. The minimum Gasteiger partial charge on any atom is -0.398 e. The number of hydrogen-bond donors (Lipinski definition) is 2. The fraction of sp³-hybridized carbons (Fsp3) is 0.375. The second kappa shape index (κ2) is 5.31. The monoisotopic (exact) mass is 304 g/mol. The Balaban J connectivity index is 1.93. The first kappa shape index (κ1) is 14.4. The van der Waals surface area contributed by atoms with Crippen molar-refractivity contribution >= 4 is 26.5 Å². The van der Waals surface area contributed by atoms with Gasteiger partial charge in [0.2, 0.25) is 10.0 Å². The predicted octanol–water partition coefficient (Wildman–Crippen LogP) is 2.75. The number of fused-ring (bicyclic) bond motifs is 1. The number of rotatable bonds is 5. The molecule has 1 atom stereocenters. The molecule has 3 rings (SSSR count). The molecule has 3 N–H and O–H groups in total. The van der Waals surface area contributed by atoms with Crippen molar-refractivity contribution in [3.05, 3.63) is 36.4 Å². The number of sulfonamides is 1. The number of nitrogens with two attached hydrogens (primary N) is 1. The molecule has 0 bridgehead atoms. The molecule has 1 aliphatic rings. The van der Waals surface area contributed by atoms with Crippen LogP contribution in [-0.4, -0.2) is 15.0 Å². The topological polar surface area (TPSA) is 72.2 Å². The van der Waals surface area contributed by atoms with Crippen molar-refractivity contribution in [3.63, 3.8) is 0 Å². The molecular weight excluding hydrogens is 284 g/mol. The summed E-state index contributed by atoms with van der Waals surface area (Å²) in [4.78, 5) is 0.301. The van der Waals surface area contributed by atoms with Gasteiger partial charge < -0.3 is 5.73 Å². The van der Waals surface area contributed by atoms with Crippen LogP contribution in [0.1, 0.15) is 19.8 Å². The highest BCUT2D eigenvalue weighted by molar-refractivity contribution is 7.89. The van der Waals surface area contributed by atoms with E-state index < -0.39 is 10.0 Å². The summed E-state index contributed by atoms with van der Waals surface area (Å²) in [5.74, 6) is 1.07. The molecule has 1 aliphatic carbocycles. The van der Waals surface area contributed by atoms with Crippen molar-refractivity contribution in [1.82, 2.24) is 4.72 Å². The molecule has 4 nitrogen and oxygen atoms in total. The van der Waals surface area contributed by atoms with Gasteiger partial charge in [-0.2, -0.15) is 0 Å². The average molecular weight is 304 g/mol. The van der Waals surface area contributed by atoms with Gasteiger partial charge in [0, 0.05) is 23.0 Å². The Hall–Kier alpha value is -1.59. The van der Waals surface area contributed by atoms with Gasteiger partial charge in [0.15, 0.2) is 0 Å². The van der Waals surface area contributed by atoms with Crippen molar-refractivity contribution < 1.29 is 8.42 Å². The standard InChI is InChI=1S/C16H20N2O2S/c1-11(12-6-7-12)10-18-21(19,20)16-9-8-15(17)13-4-2-3-5-14(13)16/h2-5,8-9,11-12,18H,6-7,10,17H2,1H3. The van der Waals surface area contributed by atoms with Crippen molar-refractivity contribution in [2.75, 3.05) is 12.3 Å². The van der Waals surface area contributed by atoms with Crippen molar-refractivity contribution in [2.45, 2.75) is 24.7 Å². The van der Waals surface area contributed by atoms with Gasteiger partial charge in [0.25, 0.3) is 0 Å². The van der Waals surface area contributed by atoms with Gasteiger partial charge in [0.1, 0.15) is 0 Å². The highest BCUT2D eigenvalue weighted by Crippen LogP contribution is 2.36. The lowest BCUT2D eigenvalue weighted by Gasteiger charge is -2.14. The minimum atomic E-state index is -3.51. The third-order valence-corrected chi connectivity index (χ3v) is 5.71. The van der Waals surface area contributed by atoms with Crippen molar-refractivity contribution in [3.8, 4) is 0 Å². The van der Waals surface area contributed by atoms with E-state index in [1.54, 1.807) is 18.2 Å². The molecule has 0 radical (unpaired) electrons. The van der Waals surface area contributed by atoms with Crippen LogP contribution in [0.4, 0.5) is 5.69 Å². The number of benzene rings is 2. The van der Waals surface area contributed by atoms with E-state index in [9.17, 15) is 8.42 Å². The third kappa shape index (κ3) is 2.89. The van der Waals surface area contributed by atoms with E-state index in [-0.39, 0.29) is 0 Å². The number of nitrogen functional groups attached to an aromatic ring is 1. The van der Waals surface area contributed by atoms with Crippen molar-refractivity contribution in [1.29, 1.82) is 0 Å². The molecule has 0 spiro atoms. The summed E-state index contributed by atoms with van der Waals surface area (Å²) in [5, 5.41) is 1.44. The van der Waals surface area contributed by atoms with E-state index in [1.807, 2.05) is 18.2 Å². The van der Waals surface area contributed by atoms with Gasteiger partial charge in [-0.25, -0.2) is 13.1 Å². The highest BCUT2D eigenvalue weighted by Gasteiger charge is 2.29. The summed E-state index contributed by atoms with van der Waals surface area (Å²) >= 11 is 0. The van der Waals surface area contributed by atoms with Crippen LogP contribution < -0.4 is 10.5 Å². The Kier molecular flexibility index (Phi) is 3.63. The molecule has 1 fully saturated rings. The van der Waals surface area contributed by atoms with Crippen LogP contribution in [0.5, 0.6) is 0 Å². The second-order valence-corrected chi connectivity index (χ2v) is 7.60. The zero-order valence-corrected chi connectivity index (χ0v) is 12.9. The Morgan fingerprint density at radius 3 is 2.52 bits per heavy atom. The lowest BCUT2D eigenvalue weighted by atomic mass is 10.1. The first-order valence-corrected chi connectivity index (χ1v) is 8.74. The molecule has 2 aromatic rings. The van der Waals surface area contributed by atoms with Crippen molar-refractivity contribution in [2.24, 2.45) is 11.8 Å². The summed E-state index contributed by atoms with van der Waals surface area (Å²) in [5.41, 5.74) is 6.52. The van der Waals surface area contributed by atoms with Crippen LogP contribution in [0.3, 0.4) is 0 Å². The molecular formula is C16H20N2O2S. The van der Waals surface area contributed by atoms with Crippen LogP contribution in [0.15, 0.2) is 41.3 Å². The maximum Gasteiger partial charge on any atom is 0.241 e. The maximum atomic E-state index is 12.6. The molecule has 0 aromatic heterocycles.